The minimum Gasteiger partial charge on any atom is -0.496 e. The minimum atomic E-state index is -0.595. The van der Waals surface area contributed by atoms with Crippen LogP contribution >= 0.6 is 0 Å². The maximum absolute atomic E-state index is 12.3. The van der Waals surface area contributed by atoms with E-state index in [-0.39, 0.29) is 17.0 Å². The lowest BCUT2D eigenvalue weighted by Gasteiger charge is -2.06. The van der Waals surface area contributed by atoms with E-state index in [1.54, 1.807) is 0 Å². The third-order valence-corrected chi connectivity index (χ3v) is 3.94. The van der Waals surface area contributed by atoms with Gasteiger partial charge in [0.2, 0.25) is 0 Å². The summed E-state index contributed by atoms with van der Waals surface area (Å²) in [6.07, 6.45) is 3.43. The second-order valence-electron chi connectivity index (χ2n) is 5.55. The number of nitro groups is 1. The molecule has 8 heteroatoms. The summed E-state index contributed by atoms with van der Waals surface area (Å²) in [4.78, 5) is 22.7. The van der Waals surface area contributed by atoms with E-state index in [1.165, 1.54) is 25.5 Å². The Labute approximate surface area is 148 Å². The molecule has 0 radical (unpaired) electrons. The summed E-state index contributed by atoms with van der Waals surface area (Å²) in [5.41, 5.74) is 4.10. The number of hydrogen-bond donors (Lipinski definition) is 1. The molecule has 0 aliphatic rings. The maximum atomic E-state index is 12.3. The van der Waals surface area contributed by atoms with Crippen LogP contribution < -0.4 is 10.2 Å². The van der Waals surface area contributed by atoms with E-state index in [4.69, 9.17) is 4.74 Å². The van der Waals surface area contributed by atoms with Crippen molar-refractivity contribution < 1.29 is 14.5 Å². The van der Waals surface area contributed by atoms with Crippen LogP contribution in [0.2, 0.25) is 0 Å². The Kier molecular flexibility index (Phi) is 4.66. The molecule has 1 N–H and O–H groups in total. The standard InChI is InChI=1S/C18H16N4O4/c1-21-11-12(14-5-3-4-6-16(14)21)10-19-20-18(23)15-9-13(22(24)25)7-8-17(15)26-2/h3-11H,1-2H3,(H,20,23)/b19-10-. The molecule has 1 aromatic heterocycles. The molecule has 2 aromatic carbocycles. The number of hydrazone groups is 1. The molecule has 0 atom stereocenters. The fourth-order valence-electron chi connectivity index (χ4n) is 2.68. The van der Waals surface area contributed by atoms with Crippen LogP contribution in [0.25, 0.3) is 10.9 Å². The maximum Gasteiger partial charge on any atom is 0.275 e. The summed E-state index contributed by atoms with van der Waals surface area (Å²) in [7, 11) is 3.31. The molecule has 0 unspecified atom stereocenters. The first-order chi connectivity index (χ1) is 12.5. The van der Waals surface area contributed by atoms with Crippen molar-refractivity contribution >= 4 is 28.7 Å². The zero-order chi connectivity index (χ0) is 18.7. The number of hydrogen-bond acceptors (Lipinski definition) is 5. The van der Waals surface area contributed by atoms with Gasteiger partial charge < -0.3 is 9.30 Å². The van der Waals surface area contributed by atoms with Crippen molar-refractivity contribution in [2.75, 3.05) is 7.11 Å². The number of nitrogens with zero attached hydrogens (tertiary/aromatic N) is 3. The Morgan fingerprint density at radius 3 is 2.81 bits per heavy atom. The molecule has 8 nitrogen and oxygen atoms in total. The Balaban J connectivity index is 1.83. The van der Waals surface area contributed by atoms with Gasteiger partial charge in [0.05, 0.1) is 23.8 Å². The molecule has 0 saturated heterocycles. The van der Waals surface area contributed by atoms with Crippen LogP contribution in [-0.2, 0) is 7.05 Å². The van der Waals surface area contributed by atoms with Gasteiger partial charge >= 0.3 is 0 Å². The Morgan fingerprint density at radius 2 is 2.08 bits per heavy atom. The summed E-state index contributed by atoms with van der Waals surface area (Å²) in [6.45, 7) is 0. The minimum absolute atomic E-state index is 0.0387. The summed E-state index contributed by atoms with van der Waals surface area (Å²) in [5, 5.41) is 15.9. The number of para-hydroxylation sites is 1. The van der Waals surface area contributed by atoms with Gasteiger partial charge in [0.15, 0.2) is 0 Å². The Bertz CT molecular complexity index is 1020. The lowest BCUT2D eigenvalue weighted by Crippen LogP contribution is -2.18. The van der Waals surface area contributed by atoms with Gasteiger partial charge in [-0.25, -0.2) is 5.43 Å². The van der Waals surface area contributed by atoms with Crippen LogP contribution in [0.5, 0.6) is 5.75 Å². The van der Waals surface area contributed by atoms with Gasteiger partial charge in [-0.2, -0.15) is 5.10 Å². The SMILES string of the molecule is COc1ccc([N+](=O)[O-])cc1C(=O)N/N=C\c1cn(C)c2ccccc12. The number of non-ortho nitro benzene ring substituents is 1. The zero-order valence-electron chi connectivity index (χ0n) is 14.2. The second-order valence-corrected chi connectivity index (χ2v) is 5.55. The highest BCUT2D eigenvalue weighted by Gasteiger charge is 2.17. The lowest BCUT2D eigenvalue weighted by atomic mass is 10.1. The van der Waals surface area contributed by atoms with Crippen molar-refractivity contribution in [1.82, 2.24) is 9.99 Å². The highest BCUT2D eigenvalue weighted by molar-refractivity contribution is 6.01. The van der Waals surface area contributed by atoms with E-state index in [0.29, 0.717) is 0 Å². The number of nitrogens with one attached hydrogen (secondary N) is 1. The first-order valence-electron chi connectivity index (χ1n) is 7.71. The number of aromatic nitrogens is 1. The van der Waals surface area contributed by atoms with Crippen molar-refractivity contribution in [2.24, 2.45) is 12.1 Å². The Morgan fingerprint density at radius 1 is 1.31 bits per heavy atom. The van der Waals surface area contributed by atoms with Gasteiger partial charge in [0.1, 0.15) is 5.75 Å². The number of aryl methyl sites for hydroxylation is 1. The molecule has 3 rings (SSSR count). The average Bonchev–Trinajstić information content (AvgIpc) is 2.97. The number of methoxy groups -OCH3 is 1. The molecule has 26 heavy (non-hydrogen) atoms. The number of carbonyl (C=O) groups is 1. The third kappa shape index (κ3) is 3.25. The second kappa shape index (κ2) is 7.06. The number of carbonyl (C=O) groups excluding carboxylic acids is 1. The fraction of sp³-hybridized carbons (Fsp3) is 0.111. The van der Waals surface area contributed by atoms with Gasteiger partial charge in [0.25, 0.3) is 11.6 Å². The van der Waals surface area contributed by atoms with E-state index in [2.05, 4.69) is 10.5 Å². The molecule has 3 aromatic rings. The summed E-state index contributed by atoms with van der Waals surface area (Å²) in [6, 6.07) is 11.6. The molecule has 0 aliphatic heterocycles. The van der Waals surface area contributed by atoms with Crippen LogP contribution in [0.3, 0.4) is 0 Å². The predicted octanol–water partition coefficient (Wildman–Crippen LogP) is 2.86. The zero-order valence-corrected chi connectivity index (χ0v) is 14.2. The first-order valence-corrected chi connectivity index (χ1v) is 7.71. The van der Waals surface area contributed by atoms with Crippen molar-refractivity contribution in [3.05, 3.63) is 69.9 Å². The molecule has 1 amide bonds. The van der Waals surface area contributed by atoms with Gasteiger partial charge in [-0.3, -0.25) is 14.9 Å². The van der Waals surface area contributed by atoms with Crippen LogP contribution in [0.15, 0.2) is 53.8 Å². The molecule has 1 heterocycles. The van der Waals surface area contributed by atoms with E-state index in [1.807, 2.05) is 42.1 Å². The van der Waals surface area contributed by atoms with Crippen LogP contribution in [0.4, 0.5) is 5.69 Å². The number of rotatable bonds is 5. The molecule has 0 aliphatic carbocycles. The number of ether oxygens (including phenoxy) is 1. The number of nitro benzene ring substituents is 1. The third-order valence-electron chi connectivity index (χ3n) is 3.94. The van der Waals surface area contributed by atoms with Crippen LogP contribution in [-0.4, -0.2) is 28.7 Å². The first kappa shape index (κ1) is 17.2. The molecule has 0 bridgehead atoms. The highest BCUT2D eigenvalue weighted by Crippen LogP contribution is 2.24. The molecule has 0 saturated carbocycles. The topological polar surface area (TPSA) is 98.8 Å². The smallest absolute Gasteiger partial charge is 0.275 e. The van der Waals surface area contributed by atoms with Crippen LogP contribution in [0.1, 0.15) is 15.9 Å². The van der Waals surface area contributed by atoms with Crippen molar-refractivity contribution in [3.63, 3.8) is 0 Å². The lowest BCUT2D eigenvalue weighted by molar-refractivity contribution is -0.384. The fourth-order valence-corrected chi connectivity index (χ4v) is 2.68. The molecular weight excluding hydrogens is 336 g/mol. The highest BCUT2D eigenvalue weighted by atomic mass is 16.6. The Hall–Kier alpha value is -3.68. The summed E-state index contributed by atoms with van der Waals surface area (Å²) >= 11 is 0. The number of fused-ring (bicyclic) bond motifs is 1. The van der Waals surface area contributed by atoms with Crippen LogP contribution in [0, 0.1) is 10.1 Å². The monoisotopic (exact) mass is 352 g/mol. The van der Waals surface area contributed by atoms with Crippen molar-refractivity contribution in [2.45, 2.75) is 0 Å². The molecular formula is C18H16N4O4. The van der Waals surface area contributed by atoms with Gasteiger partial charge in [-0.05, 0) is 12.1 Å². The summed E-state index contributed by atoms with van der Waals surface area (Å²) < 4.78 is 7.05. The summed E-state index contributed by atoms with van der Waals surface area (Å²) in [5.74, 6) is -0.365. The van der Waals surface area contributed by atoms with Gasteiger partial charge in [-0.1, -0.05) is 18.2 Å². The van der Waals surface area contributed by atoms with E-state index >= 15 is 0 Å². The molecule has 132 valence electrons. The largest absolute Gasteiger partial charge is 0.496 e. The van der Waals surface area contributed by atoms with Crippen molar-refractivity contribution in [1.29, 1.82) is 0 Å². The van der Waals surface area contributed by atoms with E-state index in [9.17, 15) is 14.9 Å². The average molecular weight is 352 g/mol. The molecule has 0 spiro atoms. The number of benzene rings is 2. The predicted molar refractivity (Wildman–Crippen MR) is 97.6 cm³/mol. The number of amides is 1. The van der Waals surface area contributed by atoms with Gasteiger partial charge in [-0.15, -0.1) is 0 Å². The van der Waals surface area contributed by atoms with E-state index < -0.39 is 10.8 Å². The normalized spacial score (nSPS) is 11.0. The van der Waals surface area contributed by atoms with E-state index in [0.717, 1.165) is 22.5 Å². The van der Waals surface area contributed by atoms with Crippen molar-refractivity contribution in [3.8, 4) is 5.75 Å². The quantitative estimate of drug-likeness (QED) is 0.433. The van der Waals surface area contributed by atoms with Gasteiger partial charge in [0, 0.05) is 41.8 Å². The molecule has 0 fully saturated rings.